The first-order valence-corrected chi connectivity index (χ1v) is 4.26. The van der Waals surface area contributed by atoms with E-state index >= 15 is 0 Å². The van der Waals surface area contributed by atoms with Crippen LogP contribution in [-0.2, 0) is 9.59 Å². The molecule has 0 heterocycles. The lowest BCUT2D eigenvalue weighted by atomic mass is 10.3. The van der Waals surface area contributed by atoms with Crippen LogP contribution in [0.25, 0.3) is 0 Å². The van der Waals surface area contributed by atoms with Crippen molar-refractivity contribution in [3.63, 3.8) is 0 Å². The van der Waals surface area contributed by atoms with Gasteiger partial charge in [-0.1, -0.05) is 0 Å². The van der Waals surface area contributed by atoms with Gasteiger partial charge in [0.25, 0.3) is 0 Å². The summed E-state index contributed by atoms with van der Waals surface area (Å²) in [4.78, 5) is 21.8. The number of rotatable bonds is 5. The molecule has 6 nitrogen and oxygen atoms in total. The zero-order valence-corrected chi connectivity index (χ0v) is 7.75. The van der Waals surface area contributed by atoms with Crippen LogP contribution in [0.3, 0.4) is 0 Å². The van der Waals surface area contributed by atoms with Gasteiger partial charge >= 0.3 is 11.8 Å². The normalized spacial score (nSPS) is 8.86. The first kappa shape index (κ1) is 12.4. The van der Waals surface area contributed by atoms with Crippen LogP contribution in [0.5, 0.6) is 0 Å². The third kappa shape index (κ3) is 5.97. The Bertz CT molecular complexity index is 234. The van der Waals surface area contributed by atoms with E-state index in [4.69, 9.17) is 10.4 Å². The number of carbonyl (C=O) groups excluding carboxylic acids is 2. The van der Waals surface area contributed by atoms with Crippen LogP contribution in [0, 0.1) is 11.3 Å². The van der Waals surface area contributed by atoms with Crippen LogP contribution < -0.4 is 10.6 Å². The molecule has 14 heavy (non-hydrogen) atoms. The molecule has 0 aliphatic heterocycles. The molecule has 2 amide bonds. The van der Waals surface area contributed by atoms with Gasteiger partial charge in [0.1, 0.15) is 6.54 Å². The molecule has 0 spiro atoms. The van der Waals surface area contributed by atoms with Crippen molar-refractivity contribution in [2.45, 2.75) is 12.8 Å². The molecule has 0 unspecified atom stereocenters. The fourth-order valence-electron chi connectivity index (χ4n) is 0.719. The zero-order valence-electron chi connectivity index (χ0n) is 7.75. The largest absolute Gasteiger partial charge is 0.396 e. The summed E-state index contributed by atoms with van der Waals surface area (Å²) in [6, 6.07) is 1.68. The highest BCUT2D eigenvalue weighted by Gasteiger charge is 2.10. The molecule has 6 heteroatoms. The summed E-state index contributed by atoms with van der Waals surface area (Å²) in [6.07, 6.45) is 1.20. The second-order valence-corrected chi connectivity index (χ2v) is 2.53. The average molecular weight is 199 g/mol. The van der Waals surface area contributed by atoms with Gasteiger partial charge in [0.15, 0.2) is 0 Å². The van der Waals surface area contributed by atoms with E-state index in [1.54, 1.807) is 6.07 Å². The number of hydrogen-bond donors (Lipinski definition) is 3. The Kier molecular flexibility index (Phi) is 7.09. The lowest BCUT2D eigenvalue weighted by Crippen LogP contribution is -2.40. The zero-order chi connectivity index (χ0) is 10.8. The van der Waals surface area contributed by atoms with Gasteiger partial charge in [-0.05, 0) is 12.8 Å². The molecule has 3 N–H and O–H groups in total. The van der Waals surface area contributed by atoms with E-state index in [1.165, 1.54) is 0 Å². The van der Waals surface area contributed by atoms with Crippen molar-refractivity contribution in [1.82, 2.24) is 10.6 Å². The standard InChI is InChI=1S/C8H13N3O3/c9-3-5-11-8(14)7(13)10-4-1-2-6-12/h12H,1-2,4-6H2,(H,10,13)(H,11,14). The Morgan fingerprint density at radius 1 is 1.21 bits per heavy atom. The summed E-state index contributed by atoms with van der Waals surface area (Å²) < 4.78 is 0. The maximum Gasteiger partial charge on any atom is 0.310 e. The molecule has 0 bridgehead atoms. The minimum absolute atomic E-state index is 0.0660. The Hall–Kier alpha value is -1.61. The predicted octanol–water partition coefficient (Wildman–Crippen LogP) is -1.49. The number of carbonyl (C=O) groups is 2. The Morgan fingerprint density at radius 2 is 1.86 bits per heavy atom. The number of amides is 2. The second kappa shape index (κ2) is 8.01. The highest BCUT2D eigenvalue weighted by Crippen LogP contribution is 1.83. The fraction of sp³-hybridized carbons (Fsp3) is 0.625. The lowest BCUT2D eigenvalue weighted by Gasteiger charge is -2.02. The molecular weight excluding hydrogens is 186 g/mol. The molecule has 0 aromatic heterocycles. The number of unbranched alkanes of at least 4 members (excludes halogenated alkanes) is 1. The summed E-state index contributed by atoms with van der Waals surface area (Å²) in [6.45, 7) is 0.235. The quantitative estimate of drug-likeness (QED) is 0.285. The maximum absolute atomic E-state index is 10.9. The molecule has 0 radical (unpaired) electrons. The molecular formula is C8H13N3O3. The van der Waals surface area contributed by atoms with Gasteiger partial charge < -0.3 is 15.7 Å². The van der Waals surface area contributed by atoms with Crippen LogP contribution in [0.1, 0.15) is 12.8 Å². The van der Waals surface area contributed by atoms with E-state index in [-0.39, 0.29) is 13.2 Å². The average Bonchev–Trinajstić information content (AvgIpc) is 2.20. The monoisotopic (exact) mass is 199 g/mol. The van der Waals surface area contributed by atoms with E-state index < -0.39 is 11.8 Å². The molecule has 0 saturated heterocycles. The van der Waals surface area contributed by atoms with Gasteiger partial charge in [0, 0.05) is 13.2 Å². The third-order valence-corrected chi connectivity index (χ3v) is 1.40. The fourth-order valence-corrected chi connectivity index (χ4v) is 0.719. The molecule has 0 aromatic carbocycles. The highest BCUT2D eigenvalue weighted by molar-refractivity contribution is 6.35. The minimum atomic E-state index is -0.810. The van der Waals surface area contributed by atoms with E-state index in [1.807, 2.05) is 0 Å². The summed E-state index contributed by atoms with van der Waals surface area (Å²) in [5, 5.41) is 21.0. The molecule has 0 rings (SSSR count). The van der Waals surface area contributed by atoms with Crippen molar-refractivity contribution < 1.29 is 14.7 Å². The van der Waals surface area contributed by atoms with Gasteiger partial charge in [-0.25, -0.2) is 0 Å². The smallest absolute Gasteiger partial charge is 0.310 e. The van der Waals surface area contributed by atoms with Gasteiger partial charge in [0.05, 0.1) is 6.07 Å². The van der Waals surface area contributed by atoms with E-state index in [2.05, 4.69) is 10.6 Å². The number of nitrogens with one attached hydrogen (secondary N) is 2. The number of nitrogens with zero attached hydrogens (tertiary/aromatic N) is 1. The number of hydrogen-bond acceptors (Lipinski definition) is 4. The van der Waals surface area contributed by atoms with Gasteiger partial charge in [-0.2, -0.15) is 5.26 Å². The van der Waals surface area contributed by atoms with Crippen molar-refractivity contribution >= 4 is 11.8 Å². The van der Waals surface area contributed by atoms with Gasteiger partial charge in [0.2, 0.25) is 0 Å². The lowest BCUT2D eigenvalue weighted by molar-refractivity contribution is -0.139. The van der Waals surface area contributed by atoms with Crippen molar-refractivity contribution in [3.05, 3.63) is 0 Å². The third-order valence-electron chi connectivity index (χ3n) is 1.40. The molecule has 0 aromatic rings. The van der Waals surface area contributed by atoms with Gasteiger partial charge in [-0.3, -0.25) is 9.59 Å². The second-order valence-electron chi connectivity index (χ2n) is 2.53. The van der Waals surface area contributed by atoms with Crippen molar-refractivity contribution in [2.24, 2.45) is 0 Å². The molecule has 78 valence electrons. The molecule has 0 aliphatic rings. The molecule has 0 saturated carbocycles. The van der Waals surface area contributed by atoms with Gasteiger partial charge in [-0.15, -0.1) is 0 Å². The molecule has 0 atom stereocenters. The topological polar surface area (TPSA) is 102 Å². The van der Waals surface area contributed by atoms with Crippen LogP contribution in [0.4, 0.5) is 0 Å². The first-order chi connectivity index (χ1) is 6.72. The highest BCUT2D eigenvalue weighted by atomic mass is 16.3. The molecule has 0 fully saturated rings. The Morgan fingerprint density at radius 3 is 2.43 bits per heavy atom. The molecule has 0 aliphatic carbocycles. The maximum atomic E-state index is 10.9. The van der Waals surface area contributed by atoms with Crippen molar-refractivity contribution in [2.75, 3.05) is 19.7 Å². The first-order valence-electron chi connectivity index (χ1n) is 4.26. The Balaban J connectivity index is 3.53. The number of aliphatic hydroxyl groups excluding tert-OH is 1. The summed E-state index contributed by atoms with van der Waals surface area (Å²) in [7, 11) is 0. The summed E-state index contributed by atoms with van der Waals surface area (Å²) in [5.74, 6) is -1.56. The van der Waals surface area contributed by atoms with Crippen molar-refractivity contribution in [3.8, 4) is 6.07 Å². The van der Waals surface area contributed by atoms with Crippen molar-refractivity contribution in [1.29, 1.82) is 5.26 Å². The Labute approximate surface area is 81.9 Å². The summed E-state index contributed by atoms with van der Waals surface area (Å²) in [5.41, 5.74) is 0. The van der Waals surface area contributed by atoms with Crippen LogP contribution in [0.15, 0.2) is 0 Å². The van der Waals surface area contributed by atoms with E-state index in [0.717, 1.165) is 0 Å². The predicted molar refractivity (Wildman–Crippen MR) is 48.0 cm³/mol. The SMILES string of the molecule is N#CCNC(=O)C(=O)NCCCCO. The minimum Gasteiger partial charge on any atom is -0.396 e. The van der Waals surface area contributed by atoms with E-state index in [0.29, 0.717) is 19.4 Å². The van der Waals surface area contributed by atoms with Crippen LogP contribution in [-0.4, -0.2) is 36.6 Å². The van der Waals surface area contributed by atoms with Crippen LogP contribution >= 0.6 is 0 Å². The number of aliphatic hydroxyl groups is 1. The van der Waals surface area contributed by atoms with E-state index in [9.17, 15) is 9.59 Å². The van der Waals surface area contributed by atoms with Crippen LogP contribution in [0.2, 0.25) is 0 Å². The number of nitriles is 1. The summed E-state index contributed by atoms with van der Waals surface area (Å²) >= 11 is 0.